The Balaban J connectivity index is 1.03. The van der Waals surface area contributed by atoms with Crippen LogP contribution in [-0.4, -0.2) is 216 Å². The van der Waals surface area contributed by atoms with Gasteiger partial charge in [-0.15, -0.1) is 0 Å². The number of aliphatic hydroxyl groups excluding tert-OH is 12. The molecule has 7 fully saturated rings. The van der Waals surface area contributed by atoms with Crippen molar-refractivity contribution in [1.82, 2.24) is 0 Å². The Hall–Kier alpha value is -2.30. The quantitative estimate of drug-likeness (QED) is 0.0484. The van der Waals surface area contributed by atoms with Crippen LogP contribution in [0, 0.1) is 50.2 Å². The van der Waals surface area contributed by atoms with Crippen molar-refractivity contribution >= 4 is 11.9 Å². The number of hydrogen-bond acceptors (Lipinski definition) is 22. The molecule has 1 unspecified atom stereocenters. The van der Waals surface area contributed by atoms with E-state index in [4.69, 9.17) is 37.9 Å². The summed E-state index contributed by atoms with van der Waals surface area (Å²) in [6, 6.07) is 0. The minimum absolute atomic E-state index is 0.0320. The molecule has 3 aliphatic heterocycles. The average molecular weight is 1100 g/mol. The fourth-order valence-electron chi connectivity index (χ4n) is 16.0. The average Bonchev–Trinajstić information content (AvgIpc) is 3.38. The Morgan fingerprint density at radius 2 is 1.39 bits per heavy atom. The van der Waals surface area contributed by atoms with Crippen molar-refractivity contribution in [3.63, 3.8) is 0 Å². The molecule has 4 saturated carbocycles. The molecule has 0 aromatic heterocycles. The lowest BCUT2D eigenvalue weighted by Gasteiger charge is -2.73. The molecule has 0 spiro atoms. The number of aliphatic hydroxyl groups is 12. The second-order valence-electron chi connectivity index (χ2n) is 25.5. The zero-order valence-corrected chi connectivity index (χ0v) is 46.1. The topological polar surface area (TPSA) is 351 Å². The van der Waals surface area contributed by atoms with Crippen LogP contribution in [0.5, 0.6) is 0 Å². The lowest BCUT2D eigenvalue weighted by Crippen LogP contribution is -2.76. The zero-order chi connectivity index (χ0) is 56.9. The van der Waals surface area contributed by atoms with Gasteiger partial charge in [-0.25, -0.2) is 9.59 Å². The van der Waals surface area contributed by atoms with Gasteiger partial charge in [0.25, 0.3) is 0 Å². The number of ether oxygens (including phenoxy) is 8. The summed E-state index contributed by atoms with van der Waals surface area (Å²) in [5.74, 6) is -2.29. The summed E-state index contributed by atoms with van der Waals surface area (Å²) in [7, 11) is 0. The van der Waals surface area contributed by atoms with Gasteiger partial charge < -0.3 is 99.2 Å². The number of allylic oxidation sites excluding steroid dienone is 2. The predicted molar refractivity (Wildman–Crippen MR) is 267 cm³/mol. The molecule has 8 rings (SSSR count). The normalized spacial score (nSPS) is 50.5. The van der Waals surface area contributed by atoms with Crippen LogP contribution >= 0.6 is 0 Å². The van der Waals surface area contributed by atoms with Gasteiger partial charge in [-0.2, -0.15) is 0 Å². The predicted octanol–water partition coefficient (Wildman–Crippen LogP) is -0.386. The van der Waals surface area contributed by atoms with Gasteiger partial charge in [-0.1, -0.05) is 73.1 Å². The van der Waals surface area contributed by atoms with Gasteiger partial charge >= 0.3 is 11.9 Å². The maximum absolute atomic E-state index is 13.6. The van der Waals surface area contributed by atoms with Crippen LogP contribution in [0.4, 0.5) is 0 Å². The zero-order valence-electron chi connectivity index (χ0n) is 46.1. The van der Waals surface area contributed by atoms with Crippen molar-refractivity contribution in [2.24, 2.45) is 50.2 Å². The molecule has 26 atom stereocenters. The molecule has 440 valence electrons. The Kier molecular flexibility index (Phi) is 17.5. The highest BCUT2D eigenvalue weighted by molar-refractivity contribution is 5.87. The fraction of sp³-hybridized carbons (Fsp3) is 0.891. The van der Waals surface area contributed by atoms with E-state index in [2.05, 4.69) is 33.8 Å². The first-order valence-electron chi connectivity index (χ1n) is 27.6. The minimum atomic E-state index is -2.00. The SMILES string of the molecule is C/C=C(\C)C(=O)O[C@H]1[C@H](O)[C@]2(CO)[C@H](O)[C@H](O)[C@]3(C)C(=CC[C@@H]4[C@@]5(C)CC[C@H](O[C@@H]6O[C@H](C(=O)OCCC)[C@@H](O)[C@H](O[C@@H]7O[C@H](CO)[C@@H](O[C@@H]8OC[C@@H](O)[C@H](O)[C@H]8O)[C@H](O)[C@H]7O)[C@H]6O)C(C)(C)C5CC[C@]43C)[C@@H]2CC1(C)C. The highest BCUT2D eigenvalue weighted by atomic mass is 16.8. The van der Waals surface area contributed by atoms with Gasteiger partial charge in [-0.3, -0.25) is 0 Å². The van der Waals surface area contributed by atoms with Crippen LogP contribution in [-0.2, 0) is 47.5 Å². The summed E-state index contributed by atoms with van der Waals surface area (Å²) in [6.45, 7) is 17.5. The molecule has 0 bridgehead atoms. The summed E-state index contributed by atoms with van der Waals surface area (Å²) in [5, 5.41) is 136. The molecule has 8 aliphatic rings. The number of hydrogen-bond donors (Lipinski definition) is 12. The largest absolute Gasteiger partial charge is 0.464 e. The number of carbonyl (C=O) groups is 2. The third kappa shape index (κ3) is 9.60. The van der Waals surface area contributed by atoms with Crippen LogP contribution in [0.15, 0.2) is 23.3 Å². The summed E-state index contributed by atoms with van der Waals surface area (Å²) >= 11 is 0. The molecule has 22 heteroatoms. The van der Waals surface area contributed by atoms with Gasteiger partial charge in [0.15, 0.2) is 25.0 Å². The van der Waals surface area contributed by atoms with Gasteiger partial charge in [0.2, 0.25) is 0 Å². The first-order chi connectivity index (χ1) is 36.0. The van der Waals surface area contributed by atoms with Gasteiger partial charge in [-0.05, 0) is 92.8 Å². The molecule has 0 amide bonds. The first kappa shape index (κ1) is 60.8. The molecule has 0 aromatic rings. The van der Waals surface area contributed by atoms with Crippen molar-refractivity contribution in [1.29, 1.82) is 0 Å². The maximum Gasteiger partial charge on any atom is 0.338 e. The van der Waals surface area contributed by atoms with Gasteiger partial charge in [0, 0.05) is 16.4 Å². The fourth-order valence-corrected chi connectivity index (χ4v) is 16.0. The Morgan fingerprint density at radius 3 is 2.03 bits per heavy atom. The van der Waals surface area contributed by atoms with Crippen molar-refractivity contribution in [2.75, 3.05) is 26.4 Å². The van der Waals surface area contributed by atoms with E-state index in [9.17, 15) is 70.9 Å². The van der Waals surface area contributed by atoms with Gasteiger partial charge in [0.05, 0.1) is 50.2 Å². The molecule has 5 aliphatic carbocycles. The second-order valence-corrected chi connectivity index (χ2v) is 25.5. The van der Waals surface area contributed by atoms with Crippen LogP contribution in [0.2, 0.25) is 0 Å². The third-order valence-electron chi connectivity index (χ3n) is 20.8. The third-order valence-corrected chi connectivity index (χ3v) is 20.8. The molecule has 0 aromatic carbocycles. The summed E-state index contributed by atoms with van der Waals surface area (Å²) in [6.07, 6.45) is -23.3. The van der Waals surface area contributed by atoms with E-state index in [0.29, 0.717) is 50.5 Å². The van der Waals surface area contributed by atoms with E-state index in [-0.39, 0.29) is 18.4 Å². The number of carbonyl (C=O) groups excluding carboxylic acids is 2. The van der Waals surface area contributed by atoms with E-state index >= 15 is 0 Å². The Labute approximate surface area is 450 Å². The summed E-state index contributed by atoms with van der Waals surface area (Å²) < 4.78 is 47.0. The van der Waals surface area contributed by atoms with Crippen molar-refractivity contribution in [3.8, 4) is 0 Å². The van der Waals surface area contributed by atoms with E-state index in [0.717, 1.165) is 5.57 Å². The monoisotopic (exact) mass is 1100 g/mol. The Bertz CT molecular complexity index is 2190. The highest BCUT2D eigenvalue weighted by Crippen LogP contribution is 2.76. The molecular weight excluding hydrogens is 1010 g/mol. The van der Waals surface area contributed by atoms with E-state index < -0.39 is 187 Å². The summed E-state index contributed by atoms with van der Waals surface area (Å²) in [4.78, 5) is 26.7. The number of esters is 2. The van der Waals surface area contributed by atoms with E-state index in [1.165, 1.54) is 0 Å². The summed E-state index contributed by atoms with van der Waals surface area (Å²) in [5.41, 5.74) is -3.96. The first-order valence-corrected chi connectivity index (χ1v) is 27.6. The lowest BCUT2D eigenvalue weighted by molar-refractivity contribution is -0.378. The molecule has 12 N–H and O–H groups in total. The smallest absolute Gasteiger partial charge is 0.338 e. The molecule has 77 heavy (non-hydrogen) atoms. The van der Waals surface area contributed by atoms with Crippen molar-refractivity contribution < 1.29 is 109 Å². The van der Waals surface area contributed by atoms with Crippen LogP contribution in [0.25, 0.3) is 0 Å². The molecular formula is C55H88O22. The van der Waals surface area contributed by atoms with Crippen LogP contribution < -0.4 is 0 Å². The van der Waals surface area contributed by atoms with E-state index in [1.54, 1.807) is 26.8 Å². The van der Waals surface area contributed by atoms with Crippen molar-refractivity contribution in [2.45, 2.75) is 231 Å². The van der Waals surface area contributed by atoms with Crippen LogP contribution in [0.1, 0.15) is 114 Å². The van der Waals surface area contributed by atoms with E-state index in [1.807, 2.05) is 20.8 Å². The number of fused-ring (bicyclic) bond motifs is 7. The standard InChI is InChI=1S/C55H88O22/c1-11-19-70-46(69)40-36(63)39(75-48-35(62)33(60)38(28(21-56)72-48)74-47-34(61)32(59)27(58)22-71-47)37(64)49(76-40)73-31-16-17-52(8)29(51(31,6)7)15-18-53(9)30(52)14-13-25-26-20-50(4,5)44(77-45(68)24(3)12-2)43(67)55(26,23-57)42(66)41(65)54(25,53)10/h12-13,26-44,47-49,56-67H,11,14-23H2,1-10H3/b24-12+/t26-,27+,28+,29?,30+,31-,32-,33+,34+,35+,36-,37+,38+,39-,40-,41-,42+,43-,44-,47-,48-,49+,52-,53+,54-,55-/m0/s1. The lowest BCUT2D eigenvalue weighted by atomic mass is 9.32. The minimum Gasteiger partial charge on any atom is -0.464 e. The number of rotatable bonds is 13. The second kappa shape index (κ2) is 22.1. The van der Waals surface area contributed by atoms with Crippen molar-refractivity contribution in [3.05, 3.63) is 23.3 Å². The maximum atomic E-state index is 13.6. The molecule has 3 saturated heterocycles. The molecule has 3 heterocycles. The van der Waals surface area contributed by atoms with Gasteiger partial charge in [0.1, 0.15) is 73.2 Å². The molecule has 0 radical (unpaired) electrons. The van der Waals surface area contributed by atoms with Crippen LogP contribution in [0.3, 0.4) is 0 Å². The highest BCUT2D eigenvalue weighted by Gasteiger charge is 2.75. The Morgan fingerprint density at radius 1 is 0.740 bits per heavy atom. The molecule has 22 nitrogen and oxygen atoms in total.